The highest BCUT2D eigenvalue weighted by atomic mass is 16.3. The van der Waals surface area contributed by atoms with Crippen LogP contribution < -0.4 is 5.73 Å². The van der Waals surface area contributed by atoms with E-state index >= 15 is 0 Å². The van der Waals surface area contributed by atoms with Crippen molar-refractivity contribution in [2.45, 2.75) is 31.8 Å². The van der Waals surface area contributed by atoms with E-state index in [1.54, 1.807) is 6.26 Å². The van der Waals surface area contributed by atoms with Crippen LogP contribution in [0.4, 0.5) is 0 Å². The molecule has 2 heterocycles. The highest BCUT2D eigenvalue weighted by molar-refractivity contribution is 5.08. The number of nitrogens with two attached hydrogens (primary N) is 1. The smallest absolute Gasteiger partial charge is 0.122 e. The Morgan fingerprint density at radius 3 is 2.58 bits per heavy atom. The van der Waals surface area contributed by atoms with E-state index in [1.165, 1.54) is 32.5 Å². The van der Waals surface area contributed by atoms with Crippen LogP contribution in [0.15, 0.2) is 22.8 Å². The van der Waals surface area contributed by atoms with E-state index in [2.05, 4.69) is 16.7 Å². The van der Waals surface area contributed by atoms with Gasteiger partial charge in [0.2, 0.25) is 0 Å². The van der Waals surface area contributed by atoms with Gasteiger partial charge in [0, 0.05) is 38.8 Å². The number of furan rings is 1. The summed E-state index contributed by atoms with van der Waals surface area (Å²) >= 11 is 0. The molecule has 0 bridgehead atoms. The first kappa shape index (κ1) is 13.2. The van der Waals surface area contributed by atoms with Gasteiger partial charge in [-0.3, -0.25) is 4.90 Å². The van der Waals surface area contributed by atoms with Gasteiger partial charge in [-0.25, -0.2) is 0 Å². The van der Waals surface area contributed by atoms with Gasteiger partial charge in [-0.15, -0.1) is 0 Å². The molecule has 1 aromatic rings. The van der Waals surface area contributed by atoms with Crippen LogP contribution >= 0.6 is 0 Å². The normalized spacial score (nSPS) is 25.4. The summed E-state index contributed by atoms with van der Waals surface area (Å²) in [6.45, 7) is 7.90. The summed E-state index contributed by atoms with van der Waals surface area (Å²) in [5.74, 6) is 1.99. The first-order valence-electron chi connectivity index (χ1n) is 7.49. The molecule has 1 aromatic heterocycles. The lowest BCUT2D eigenvalue weighted by atomic mass is 10.0. The quantitative estimate of drug-likeness (QED) is 0.878. The van der Waals surface area contributed by atoms with Crippen LogP contribution in [0.1, 0.15) is 31.6 Å². The highest BCUT2D eigenvalue weighted by Crippen LogP contribution is 2.31. The monoisotopic (exact) mass is 263 g/mol. The Hall–Kier alpha value is -0.840. The summed E-state index contributed by atoms with van der Waals surface area (Å²) in [4.78, 5) is 5.08. The molecule has 0 amide bonds. The zero-order valence-electron chi connectivity index (χ0n) is 11.8. The molecule has 2 fully saturated rings. The van der Waals surface area contributed by atoms with Gasteiger partial charge in [0.15, 0.2) is 0 Å². The Bertz CT molecular complexity index is 378. The molecule has 2 unspecified atom stereocenters. The summed E-state index contributed by atoms with van der Waals surface area (Å²) in [5.41, 5.74) is 6.17. The fourth-order valence-corrected chi connectivity index (χ4v) is 3.12. The van der Waals surface area contributed by atoms with E-state index in [-0.39, 0.29) is 12.1 Å². The first-order chi connectivity index (χ1) is 9.24. The average Bonchev–Trinajstić information content (AvgIpc) is 3.04. The van der Waals surface area contributed by atoms with E-state index in [1.807, 2.05) is 12.1 Å². The molecule has 1 saturated heterocycles. The molecule has 0 radical (unpaired) electrons. The van der Waals surface area contributed by atoms with Gasteiger partial charge in [-0.2, -0.15) is 0 Å². The summed E-state index contributed by atoms with van der Waals surface area (Å²) in [5, 5.41) is 0. The molecule has 4 nitrogen and oxygen atoms in total. The maximum absolute atomic E-state index is 6.17. The number of hydrogen-bond acceptors (Lipinski definition) is 4. The predicted octanol–water partition coefficient (Wildman–Crippen LogP) is 1.70. The minimum absolute atomic E-state index is 0.0983. The number of rotatable bonds is 5. The number of piperazine rings is 1. The lowest BCUT2D eigenvalue weighted by Crippen LogP contribution is -2.51. The van der Waals surface area contributed by atoms with Crippen molar-refractivity contribution in [3.05, 3.63) is 24.2 Å². The topological polar surface area (TPSA) is 45.6 Å². The molecule has 106 valence electrons. The van der Waals surface area contributed by atoms with Crippen LogP contribution in [-0.2, 0) is 0 Å². The third kappa shape index (κ3) is 3.19. The second kappa shape index (κ2) is 5.65. The Labute approximate surface area is 115 Å². The van der Waals surface area contributed by atoms with E-state index in [0.29, 0.717) is 0 Å². The van der Waals surface area contributed by atoms with Crippen LogP contribution in [-0.4, -0.2) is 48.6 Å². The predicted molar refractivity (Wildman–Crippen MR) is 75.8 cm³/mol. The molecule has 1 aliphatic carbocycles. The molecule has 0 spiro atoms. The summed E-state index contributed by atoms with van der Waals surface area (Å²) < 4.78 is 5.58. The lowest BCUT2D eigenvalue weighted by Gasteiger charge is -2.40. The van der Waals surface area contributed by atoms with Gasteiger partial charge in [0.05, 0.1) is 12.3 Å². The summed E-state index contributed by atoms with van der Waals surface area (Å²) in [6, 6.07) is 4.32. The molecular formula is C15H25N3O. The fraction of sp³-hybridized carbons (Fsp3) is 0.733. The number of hydrogen-bond donors (Lipinski definition) is 1. The Kier molecular flexibility index (Phi) is 3.91. The van der Waals surface area contributed by atoms with Crippen molar-refractivity contribution in [1.29, 1.82) is 0 Å². The van der Waals surface area contributed by atoms with E-state index in [4.69, 9.17) is 10.2 Å². The van der Waals surface area contributed by atoms with Gasteiger partial charge >= 0.3 is 0 Å². The van der Waals surface area contributed by atoms with Crippen molar-refractivity contribution in [3.63, 3.8) is 0 Å². The minimum atomic E-state index is 0.0983. The SMILES string of the molecule is CC(N)C(c1ccco1)N1CCN(CC2CC2)CC1. The van der Waals surface area contributed by atoms with Crippen LogP contribution in [0.25, 0.3) is 0 Å². The highest BCUT2D eigenvalue weighted by Gasteiger charge is 2.31. The van der Waals surface area contributed by atoms with Crippen molar-refractivity contribution in [2.75, 3.05) is 32.7 Å². The molecule has 4 heteroatoms. The zero-order chi connectivity index (χ0) is 13.2. The second-order valence-electron chi connectivity index (χ2n) is 6.10. The zero-order valence-corrected chi connectivity index (χ0v) is 11.8. The summed E-state index contributed by atoms with van der Waals surface area (Å²) in [7, 11) is 0. The van der Waals surface area contributed by atoms with Gasteiger partial charge in [0.25, 0.3) is 0 Å². The Morgan fingerprint density at radius 2 is 2.05 bits per heavy atom. The molecule has 2 atom stereocenters. The second-order valence-corrected chi connectivity index (χ2v) is 6.10. The van der Waals surface area contributed by atoms with Crippen molar-refractivity contribution in [3.8, 4) is 0 Å². The van der Waals surface area contributed by atoms with Crippen molar-refractivity contribution in [1.82, 2.24) is 9.80 Å². The fourth-order valence-electron chi connectivity index (χ4n) is 3.12. The third-order valence-electron chi connectivity index (χ3n) is 4.35. The maximum atomic E-state index is 6.17. The Balaban J connectivity index is 1.58. The van der Waals surface area contributed by atoms with Gasteiger partial charge in [-0.05, 0) is 37.8 Å². The van der Waals surface area contributed by atoms with Crippen molar-refractivity contribution < 1.29 is 4.42 Å². The number of nitrogens with zero attached hydrogens (tertiary/aromatic N) is 2. The minimum Gasteiger partial charge on any atom is -0.468 e. The molecule has 2 aliphatic rings. The standard InChI is InChI=1S/C15H25N3O/c1-12(16)15(14-3-2-10-19-14)18-8-6-17(7-9-18)11-13-4-5-13/h2-3,10,12-13,15H,4-9,11,16H2,1H3. The van der Waals surface area contributed by atoms with Crippen molar-refractivity contribution >= 4 is 0 Å². The molecule has 0 aromatic carbocycles. The van der Waals surface area contributed by atoms with Gasteiger partial charge in [-0.1, -0.05) is 0 Å². The van der Waals surface area contributed by atoms with Crippen LogP contribution in [0, 0.1) is 5.92 Å². The molecule has 1 saturated carbocycles. The van der Waals surface area contributed by atoms with Crippen LogP contribution in [0.5, 0.6) is 0 Å². The molecule has 19 heavy (non-hydrogen) atoms. The van der Waals surface area contributed by atoms with E-state index in [0.717, 1.165) is 24.8 Å². The molecular weight excluding hydrogens is 238 g/mol. The van der Waals surface area contributed by atoms with Gasteiger partial charge < -0.3 is 15.1 Å². The average molecular weight is 263 g/mol. The molecule has 3 rings (SSSR count). The molecule has 2 N–H and O–H groups in total. The maximum Gasteiger partial charge on any atom is 0.122 e. The third-order valence-corrected chi connectivity index (χ3v) is 4.35. The Morgan fingerprint density at radius 1 is 1.32 bits per heavy atom. The van der Waals surface area contributed by atoms with Crippen LogP contribution in [0.3, 0.4) is 0 Å². The first-order valence-corrected chi connectivity index (χ1v) is 7.49. The largest absolute Gasteiger partial charge is 0.468 e. The van der Waals surface area contributed by atoms with Crippen LogP contribution in [0.2, 0.25) is 0 Å². The van der Waals surface area contributed by atoms with E-state index < -0.39 is 0 Å². The lowest BCUT2D eigenvalue weighted by molar-refractivity contribution is 0.0748. The van der Waals surface area contributed by atoms with Gasteiger partial charge in [0.1, 0.15) is 5.76 Å². The van der Waals surface area contributed by atoms with Crippen molar-refractivity contribution in [2.24, 2.45) is 11.7 Å². The summed E-state index contributed by atoms with van der Waals surface area (Å²) in [6.07, 6.45) is 4.62. The molecule has 1 aliphatic heterocycles. The van der Waals surface area contributed by atoms with E-state index in [9.17, 15) is 0 Å².